The van der Waals surface area contributed by atoms with Crippen molar-refractivity contribution in [3.05, 3.63) is 23.7 Å². The molecule has 1 saturated carbocycles. The van der Waals surface area contributed by atoms with Crippen LogP contribution in [0.5, 0.6) is 0 Å². The van der Waals surface area contributed by atoms with Crippen LogP contribution in [0.25, 0.3) is 0 Å². The Labute approximate surface area is 104 Å². The molecule has 0 spiro atoms. The molecule has 1 heterocycles. The van der Waals surface area contributed by atoms with E-state index in [-0.39, 0.29) is 30.2 Å². The van der Waals surface area contributed by atoms with Crippen LogP contribution in [0.4, 0.5) is 0 Å². The zero-order chi connectivity index (χ0) is 13.1. The third-order valence-electron chi connectivity index (χ3n) is 3.22. The molecule has 1 aliphatic carbocycles. The molecule has 1 fully saturated rings. The van der Waals surface area contributed by atoms with Gasteiger partial charge in [0.25, 0.3) is 0 Å². The lowest BCUT2D eigenvalue weighted by atomic mass is 10.0. The maximum atomic E-state index is 11.8. The van der Waals surface area contributed by atoms with E-state index in [4.69, 9.17) is 15.3 Å². The van der Waals surface area contributed by atoms with Gasteiger partial charge in [-0.3, -0.25) is 4.79 Å². The van der Waals surface area contributed by atoms with Crippen molar-refractivity contribution in [2.45, 2.75) is 31.8 Å². The third-order valence-corrected chi connectivity index (χ3v) is 3.22. The van der Waals surface area contributed by atoms with Crippen molar-refractivity contribution in [1.29, 1.82) is 0 Å². The number of hydrogen-bond donors (Lipinski definition) is 3. The van der Waals surface area contributed by atoms with E-state index in [1.807, 2.05) is 0 Å². The fourth-order valence-corrected chi connectivity index (χ4v) is 2.21. The van der Waals surface area contributed by atoms with Crippen LogP contribution in [-0.2, 0) is 11.3 Å². The summed E-state index contributed by atoms with van der Waals surface area (Å²) < 4.78 is 5.04. The number of nitrogens with two attached hydrogens (primary N) is 1. The summed E-state index contributed by atoms with van der Waals surface area (Å²) in [5.74, 6) is -1.05. The van der Waals surface area contributed by atoms with Crippen molar-refractivity contribution in [3.8, 4) is 0 Å². The zero-order valence-electron chi connectivity index (χ0n) is 9.89. The Kier molecular flexibility index (Phi) is 3.66. The number of carbonyl (C=O) groups excluding carboxylic acids is 1. The average molecular weight is 252 g/mol. The second-order valence-corrected chi connectivity index (χ2v) is 4.49. The molecule has 2 rings (SSSR count). The SMILES string of the molecule is NC1CCCC1C(=O)NCc1ccc(C(=O)O)o1. The molecular weight excluding hydrogens is 236 g/mol. The average Bonchev–Trinajstić information content (AvgIpc) is 2.94. The van der Waals surface area contributed by atoms with E-state index in [0.717, 1.165) is 19.3 Å². The van der Waals surface area contributed by atoms with Crippen molar-refractivity contribution in [2.24, 2.45) is 11.7 Å². The van der Waals surface area contributed by atoms with Gasteiger partial charge < -0.3 is 20.6 Å². The maximum Gasteiger partial charge on any atom is 0.371 e. The van der Waals surface area contributed by atoms with Gasteiger partial charge in [0.2, 0.25) is 11.7 Å². The number of aromatic carboxylic acids is 1. The smallest absolute Gasteiger partial charge is 0.371 e. The number of rotatable bonds is 4. The summed E-state index contributed by atoms with van der Waals surface area (Å²) in [7, 11) is 0. The van der Waals surface area contributed by atoms with Crippen molar-refractivity contribution in [3.63, 3.8) is 0 Å². The largest absolute Gasteiger partial charge is 0.475 e. The highest BCUT2D eigenvalue weighted by atomic mass is 16.4. The monoisotopic (exact) mass is 252 g/mol. The molecule has 2 atom stereocenters. The normalized spacial score (nSPS) is 22.9. The predicted molar refractivity (Wildman–Crippen MR) is 62.8 cm³/mol. The molecule has 2 unspecified atom stereocenters. The molecule has 0 saturated heterocycles. The van der Waals surface area contributed by atoms with Crippen molar-refractivity contribution in [1.82, 2.24) is 5.32 Å². The molecule has 0 aromatic carbocycles. The maximum absolute atomic E-state index is 11.8. The van der Waals surface area contributed by atoms with Gasteiger partial charge in [0.05, 0.1) is 12.5 Å². The Balaban J connectivity index is 1.87. The molecule has 98 valence electrons. The van der Waals surface area contributed by atoms with Gasteiger partial charge in [-0.1, -0.05) is 6.42 Å². The lowest BCUT2D eigenvalue weighted by Gasteiger charge is -2.14. The summed E-state index contributed by atoms with van der Waals surface area (Å²) in [5.41, 5.74) is 5.83. The van der Waals surface area contributed by atoms with E-state index >= 15 is 0 Å². The van der Waals surface area contributed by atoms with E-state index in [1.165, 1.54) is 12.1 Å². The van der Waals surface area contributed by atoms with Crippen molar-refractivity contribution in [2.75, 3.05) is 0 Å². The van der Waals surface area contributed by atoms with E-state index in [9.17, 15) is 9.59 Å². The molecule has 6 nitrogen and oxygen atoms in total. The molecule has 6 heteroatoms. The first kappa shape index (κ1) is 12.6. The Morgan fingerprint density at radius 2 is 2.22 bits per heavy atom. The summed E-state index contributed by atoms with van der Waals surface area (Å²) in [5, 5.41) is 11.4. The van der Waals surface area contributed by atoms with Crippen LogP contribution < -0.4 is 11.1 Å². The number of nitrogens with one attached hydrogen (secondary N) is 1. The van der Waals surface area contributed by atoms with Gasteiger partial charge in [0.1, 0.15) is 5.76 Å². The fraction of sp³-hybridized carbons (Fsp3) is 0.500. The Hall–Kier alpha value is -1.82. The van der Waals surface area contributed by atoms with Crippen LogP contribution in [0.2, 0.25) is 0 Å². The lowest BCUT2D eigenvalue weighted by molar-refractivity contribution is -0.125. The third kappa shape index (κ3) is 2.70. The highest BCUT2D eigenvalue weighted by Gasteiger charge is 2.30. The summed E-state index contributed by atoms with van der Waals surface area (Å²) in [6.07, 6.45) is 2.66. The van der Waals surface area contributed by atoms with Crippen LogP contribution >= 0.6 is 0 Å². The van der Waals surface area contributed by atoms with Crippen LogP contribution in [0.15, 0.2) is 16.5 Å². The predicted octanol–water partition coefficient (Wildman–Crippen LogP) is 0.721. The zero-order valence-corrected chi connectivity index (χ0v) is 9.89. The second-order valence-electron chi connectivity index (χ2n) is 4.49. The summed E-state index contributed by atoms with van der Waals surface area (Å²) >= 11 is 0. The Bertz CT molecular complexity index is 455. The first-order valence-corrected chi connectivity index (χ1v) is 5.93. The molecule has 0 aliphatic heterocycles. The molecule has 18 heavy (non-hydrogen) atoms. The summed E-state index contributed by atoms with van der Waals surface area (Å²) in [4.78, 5) is 22.4. The van der Waals surface area contributed by atoms with E-state index in [2.05, 4.69) is 5.32 Å². The van der Waals surface area contributed by atoms with E-state index < -0.39 is 5.97 Å². The highest BCUT2D eigenvalue weighted by molar-refractivity contribution is 5.84. The molecule has 4 N–H and O–H groups in total. The van der Waals surface area contributed by atoms with Gasteiger partial charge in [0, 0.05) is 6.04 Å². The van der Waals surface area contributed by atoms with Crippen LogP contribution in [0.3, 0.4) is 0 Å². The number of hydrogen-bond acceptors (Lipinski definition) is 4. The number of carboxylic acids is 1. The molecular formula is C12H16N2O4. The molecule has 0 bridgehead atoms. The minimum absolute atomic E-state index is 0.0730. The standard InChI is InChI=1S/C12H16N2O4/c13-9-3-1-2-8(9)11(15)14-6-7-4-5-10(18-7)12(16)17/h4-5,8-9H,1-3,6,13H2,(H,14,15)(H,16,17). The van der Waals surface area contributed by atoms with E-state index in [0.29, 0.717) is 5.76 Å². The minimum Gasteiger partial charge on any atom is -0.475 e. The lowest BCUT2D eigenvalue weighted by Crippen LogP contribution is -2.38. The number of furan rings is 1. The van der Waals surface area contributed by atoms with Crippen molar-refractivity contribution < 1.29 is 19.1 Å². The van der Waals surface area contributed by atoms with Gasteiger partial charge in [-0.25, -0.2) is 4.79 Å². The second kappa shape index (κ2) is 5.22. The fourth-order valence-electron chi connectivity index (χ4n) is 2.21. The van der Waals surface area contributed by atoms with Gasteiger partial charge in [-0.15, -0.1) is 0 Å². The Morgan fingerprint density at radius 3 is 2.78 bits per heavy atom. The molecule has 0 radical (unpaired) electrons. The summed E-state index contributed by atoms with van der Waals surface area (Å²) in [6.45, 7) is 0.190. The first-order chi connectivity index (χ1) is 8.58. The number of amides is 1. The number of carbonyl (C=O) groups is 2. The minimum atomic E-state index is -1.12. The molecule has 1 amide bonds. The Morgan fingerprint density at radius 1 is 1.44 bits per heavy atom. The summed E-state index contributed by atoms with van der Waals surface area (Å²) in [6, 6.07) is 2.83. The van der Waals surface area contributed by atoms with Crippen molar-refractivity contribution >= 4 is 11.9 Å². The van der Waals surface area contributed by atoms with Gasteiger partial charge >= 0.3 is 5.97 Å². The van der Waals surface area contributed by atoms with Gasteiger partial charge in [-0.05, 0) is 25.0 Å². The molecule has 1 aromatic heterocycles. The molecule has 1 aromatic rings. The van der Waals surface area contributed by atoms with Crippen LogP contribution in [-0.4, -0.2) is 23.0 Å². The van der Waals surface area contributed by atoms with Gasteiger partial charge in [-0.2, -0.15) is 0 Å². The van der Waals surface area contributed by atoms with E-state index in [1.54, 1.807) is 0 Å². The highest BCUT2D eigenvalue weighted by Crippen LogP contribution is 2.24. The van der Waals surface area contributed by atoms with Crippen LogP contribution in [0, 0.1) is 5.92 Å². The first-order valence-electron chi connectivity index (χ1n) is 5.93. The quantitative estimate of drug-likeness (QED) is 0.732. The van der Waals surface area contributed by atoms with Crippen LogP contribution in [0.1, 0.15) is 35.6 Å². The van der Waals surface area contributed by atoms with Gasteiger partial charge in [0.15, 0.2) is 0 Å². The number of carboxylic acid groups (broad SMARTS) is 1. The topological polar surface area (TPSA) is 106 Å². The molecule has 1 aliphatic rings.